The van der Waals surface area contributed by atoms with Gasteiger partial charge in [0.15, 0.2) is 0 Å². The fraction of sp³-hybridized carbons (Fsp3) is 0.429. The zero-order chi connectivity index (χ0) is 13.0. The van der Waals surface area contributed by atoms with Crippen molar-refractivity contribution in [2.24, 2.45) is 0 Å². The molecule has 4 heteroatoms. The first-order chi connectivity index (χ1) is 8.72. The lowest BCUT2D eigenvalue weighted by molar-refractivity contribution is -0.158. The molecule has 0 saturated carbocycles. The highest BCUT2D eigenvalue weighted by molar-refractivity contribution is 6.32. The molecular weight excluding hydrogens is 230 g/mol. The Morgan fingerprint density at radius 3 is 2.72 bits per heavy atom. The Morgan fingerprint density at radius 1 is 1.33 bits per heavy atom. The minimum Gasteiger partial charge on any atom is -0.462 e. The van der Waals surface area contributed by atoms with Crippen LogP contribution in [0.1, 0.15) is 18.4 Å². The lowest BCUT2D eigenvalue weighted by Crippen LogP contribution is -2.41. The van der Waals surface area contributed by atoms with E-state index in [1.165, 1.54) is 12.7 Å². The molecule has 4 nitrogen and oxygen atoms in total. The van der Waals surface area contributed by atoms with Crippen LogP contribution in [0.25, 0.3) is 0 Å². The molecule has 1 fully saturated rings. The SMILES string of the molecule is COC(=O)C(=O)N1CCC[C@H]1Cc1ccccc1. The molecule has 0 unspecified atom stereocenters. The Morgan fingerprint density at radius 2 is 2.06 bits per heavy atom. The Kier molecular flexibility index (Phi) is 3.97. The maximum atomic E-state index is 11.8. The van der Waals surface area contributed by atoms with Crippen LogP contribution in [0.4, 0.5) is 0 Å². The summed E-state index contributed by atoms with van der Waals surface area (Å²) in [5.74, 6) is -1.29. The van der Waals surface area contributed by atoms with Gasteiger partial charge in [-0.2, -0.15) is 0 Å². The van der Waals surface area contributed by atoms with E-state index in [-0.39, 0.29) is 6.04 Å². The first-order valence-corrected chi connectivity index (χ1v) is 6.15. The van der Waals surface area contributed by atoms with Crippen LogP contribution in [-0.4, -0.2) is 36.5 Å². The van der Waals surface area contributed by atoms with Crippen molar-refractivity contribution in [1.29, 1.82) is 0 Å². The second-order valence-electron chi connectivity index (χ2n) is 4.48. The first-order valence-electron chi connectivity index (χ1n) is 6.15. The molecule has 1 heterocycles. The summed E-state index contributed by atoms with van der Waals surface area (Å²) in [7, 11) is 1.24. The summed E-state index contributed by atoms with van der Waals surface area (Å²) in [6.07, 6.45) is 2.68. The molecule has 0 bridgehead atoms. The van der Waals surface area contributed by atoms with E-state index in [2.05, 4.69) is 4.74 Å². The molecule has 1 aliphatic rings. The molecule has 1 aliphatic heterocycles. The Hall–Kier alpha value is -1.84. The average Bonchev–Trinajstić information content (AvgIpc) is 2.86. The van der Waals surface area contributed by atoms with Gasteiger partial charge in [0.05, 0.1) is 7.11 Å². The molecule has 1 saturated heterocycles. The zero-order valence-electron chi connectivity index (χ0n) is 10.5. The predicted octanol–water partition coefficient (Wildman–Crippen LogP) is 1.39. The van der Waals surface area contributed by atoms with Gasteiger partial charge in [-0.3, -0.25) is 4.79 Å². The van der Waals surface area contributed by atoms with Crippen molar-refractivity contribution in [3.8, 4) is 0 Å². The van der Waals surface area contributed by atoms with Crippen LogP contribution in [0.5, 0.6) is 0 Å². The minimum atomic E-state index is -0.769. The molecule has 2 rings (SSSR count). The van der Waals surface area contributed by atoms with Crippen LogP contribution >= 0.6 is 0 Å². The lowest BCUT2D eigenvalue weighted by Gasteiger charge is -2.23. The average molecular weight is 247 g/mol. The highest BCUT2D eigenvalue weighted by atomic mass is 16.5. The van der Waals surface area contributed by atoms with Gasteiger partial charge < -0.3 is 9.64 Å². The van der Waals surface area contributed by atoms with E-state index in [0.717, 1.165) is 19.3 Å². The molecule has 0 spiro atoms. The van der Waals surface area contributed by atoms with E-state index in [4.69, 9.17) is 0 Å². The monoisotopic (exact) mass is 247 g/mol. The van der Waals surface area contributed by atoms with Crippen LogP contribution in [0.3, 0.4) is 0 Å². The van der Waals surface area contributed by atoms with Crippen molar-refractivity contribution in [3.63, 3.8) is 0 Å². The summed E-state index contributed by atoms with van der Waals surface area (Å²) in [5, 5.41) is 0. The molecule has 0 N–H and O–H groups in total. The number of hydrogen-bond acceptors (Lipinski definition) is 3. The standard InChI is InChI=1S/C14H17NO3/c1-18-14(17)13(16)15-9-5-8-12(15)10-11-6-3-2-4-7-11/h2-4,6-7,12H,5,8-10H2,1H3/t12-/m0/s1. The number of amides is 1. The molecule has 1 aromatic carbocycles. The molecule has 1 aromatic rings. The van der Waals surface area contributed by atoms with E-state index in [9.17, 15) is 9.59 Å². The van der Waals surface area contributed by atoms with Gasteiger partial charge in [-0.1, -0.05) is 30.3 Å². The number of ether oxygens (including phenoxy) is 1. The second-order valence-corrected chi connectivity index (χ2v) is 4.48. The first kappa shape index (κ1) is 12.6. The number of benzene rings is 1. The summed E-state index contributed by atoms with van der Waals surface area (Å²) < 4.78 is 4.49. The molecule has 0 radical (unpaired) electrons. The molecule has 1 atom stereocenters. The Labute approximate surface area is 107 Å². The zero-order valence-corrected chi connectivity index (χ0v) is 10.5. The topological polar surface area (TPSA) is 46.6 Å². The molecule has 0 aliphatic carbocycles. The number of esters is 1. The van der Waals surface area contributed by atoms with Gasteiger partial charge >= 0.3 is 11.9 Å². The van der Waals surface area contributed by atoms with Gasteiger partial charge in [0, 0.05) is 12.6 Å². The van der Waals surface area contributed by atoms with Crippen LogP contribution in [-0.2, 0) is 20.7 Å². The predicted molar refractivity (Wildman–Crippen MR) is 66.9 cm³/mol. The molecular formula is C14H17NO3. The van der Waals surface area contributed by atoms with Crippen molar-refractivity contribution >= 4 is 11.9 Å². The number of carbonyl (C=O) groups excluding carboxylic acids is 2. The van der Waals surface area contributed by atoms with Crippen LogP contribution in [0.15, 0.2) is 30.3 Å². The third-order valence-electron chi connectivity index (χ3n) is 3.31. The summed E-state index contributed by atoms with van der Waals surface area (Å²) >= 11 is 0. The minimum absolute atomic E-state index is 0.110. The Bertz CT molecular complexity index is 430. The fourth-order valence-electron chi connectivity index (χ4n) is 2.41. The van der Waals surface area contributed by atoms with E-state index in [0.29, 0.717) is 6.54 Å². The third kappa shape index (κ3) is 2.70. The van der Waals surface area contributed by atoms with E-state index < -0.39 is 11.9 Å². The van der Waals surface area contributed by atoms with Gasteiger partial charge in [-0.25, -0.2) is 4.79 Å². The van der Waals surface area contributed by atoms with Crippen molar-refractivity contribution < 1.29 is 14.3 Å². The highest BCUT2D eigenvalue weighted by Crippen LogP contribution is 2.21. The summed E-state index contributed by atoms with van der Waals surface area (Å²) in [4.78, 5) is 24.7. The normalized spacial score (nSPS) is 18.7. The summed E-state index contributed by atoms with van der Waals surface area (Å²) in [6.45, 7) is 0.644. The summed E-state index contributed by atoms with van der Waals surface area (Å²) in [6, 6.07) is 10.1. The van der Waals surface area contributed by atoms with Crippen molar-refractivity contribution in [2.75, 3.05) is 13.7 Å². The number of rotatable bonds is 2. The highest BCUT2D eigenvalue weighted by Gasteiger charge is 2.32. The van der Waals surface area contributed by atoms with Crippen molar-refractivity contribution in [1.82, 2.24) is 4.90 Å². The smallest absolute Gasteiger partial charge is 0.396 e. The van der Waals surface area contributed by atoms with Crippen LogP contribution < -0.4 is 0 Å². The van der Waals surface area contributed by atoms with Gasteiger partial charge in [0.1, 0.15) is 0 Å². The van der Waals surface area contributed by atoms with Gasteiger partial charge in [-0.05, 0) is 24.8 Å². The molecule has 1 amide bonds. The van der Waals surface area contributed by atoms with Crippen LogP contribution in [0, 0.1) is 0 Å². The summed E-state index contributed by atoms with van der Waals surface area (Å²) in [5.41, 5.74) is 1.19. The lowest BCUT2D eigenvalue weighted by atomic mass is 10.0. The van der Waals surface area contributed by atoms with Crippen molar-refractivity contribution in [3.05, 3.63) is 35.9 Å². The molecule has 0 aromatic heterocycles. The van der Waals surface area contributed by atoms with E-state index >= 15 is 0 Å². The van der Waals surface area contributed by atoms with E-state index in [1.54, 1.807) is 4.90 Å². The number of hydrogen-bond donors (Lipinski definition) is 0. The van der Waals surface area contributed by atoms with Crippen molar-refractivity contribution in [2.45, 2.75) is 25.3 Å². The van der Waals surface area contributed by atoms with Gasteiger partial charge in [0.25, 0.3) is 0 Å². The quantitative estimate of drug-likeness (QED) is 0.586. The van der Waals surface area contributed by atoms with Gasteiger partial charge in [0.2, 0.25) is 0 Å². The van der Waals surface area contributed by atoms with E-state index in [1.807, 2.05) is 30.3 Å². The molecule has 96 valence electrons. The Balaban J connectivity index is 2.04. The molecule has 18 heavy (non-hydrogen) atoms. The number of methoxy groups -OCH3 is 1. The third-order valence-corrected chi connectivity index (χ3v) is 3.31. The maximum Gasteiger partial charge on any atom is 0.396 e. The second kappa shape index (κ2) is 5.67. The number of nitrogens with zero attached hydrogens (tertiary/aromatic N) is 1. The maximum absolute atomic E-state index is 11.8. The number of carbonyl (C=O) groups is 2. The fourth-order valence-corrected chi connectivity index (χ4v) is 2.41. The van der Waals surface area contributed by atoms with Crippen LogP contribution in [0.2, 0.25) is 0 Å². The largest absolute Gasteiger partial charge is 0.462 e. The van der Waals surface area contributed by atoms with Gasteiger partial charge in [-0.15, -0.1) is 0 Å². The number of likely N-dealkylation sites (tertiary alicyclic amines) is 1.